The minimum atomic E-state index is -0.403. The highest BCUT2D eigenvalue weighted by molar-refractivity contribution is 5.96. The van der Waals surface area contributed by atoms with E-state index in [1.807, 2.05) is 19.0 Å². The van der Waals surface area contributed by atoms with E-state index in [2.05, 4.69) is 24.5 Å². The lowest BCUT2D eigenvalue weighted by molar-refractivity contribution is -0.121. The van der Waals surface area contributed by atoms with Gasteiger partial charge >= 0.3 is 0 Å². The molecular weight excluding hydrogens is 297 g/mol. The van der Waals surface area contributed by atoms with Crippen LogP contribution in [-0.4, -0.2) is 49.9 Å². The number of benzene rings is 1. The van der Waals surface area contributed by atoms with Crippen molar-refractivity contribution in [2.24, 2.45) is 5.92 Å². The van der Waals surface area contributed by atoms with Gasteiger partial charge in [0, 0.05) is 18.2 Å². The Hall–Kier alpha value is -1.95. The maximum Gasteiger partial charge on any atom is 0.251 e. The number of carbonyl (C=O) groups excluding carboxylic acids is 2. The average molecular weight is 323 g/mol. The molecule has 2 amide bonds. The maximum atomic E-state index is 12.8. The van der Waals surface area contributed by atoms with Crippen molar-refractivity contribution in [3.05, 3.63) is 35.6 Å². The van der Waals surface area contributed by atoms with Crippen LogP contribution >= 0.6 is 0 Å². The van der Waals surface area contributed by atoms with Gasteiger partial charge in [0.05, 0.1) is 6.54 Å². The highest BCUT2D eigenvalue weighted by Gasteiger charge is 2.19. The number of rotatable bonds is 8. The van der Waals surface area contributed by atoms with Crippen molar-refractivity contribution in [1.82, 2.24) is 15.5 Å². The second-order valence-corrected chi connectivity index (χ2v) is 6.01. The SMILES string of the molecule is CC[C@H](C)[C@@H](CN(C)C)NC(=O)CNC(=O)c1ccc(F)cc1. The summed E-state index contributed by atoms with van der Waals surface area (Å²) in [5.74, 6) is -0.686. The van der Waals surface area contributed by atoms with Crippen LogP contribution in [0.1, 0.15) is 30.6 Å². The predicted molar refractivity (Wildman–Crippen MR) is 88.7 cm³/mol. The van der Waals surface area contributed by atoms with E-state index in [4.69, 9.17) is 0 Å². The Morgan fingerprint density at radius 2 is 1.83 bits per heavy atom. The standard InChI is InChI=1S/C17H26FN3O2/c1-5-12(2)15(11-21(3)4)20-16(22)10-19-17(23)13-6-8-14(18)9-7-13/h6-9,12,15H,5,10-11H2,1-4H3,(H,19,23)(H,20,22)/t12-,15+/m0/s1. The van der Waals surface area contributed by atoms with E-state index in [1.165, 1.54) is 24.3 Å². The summed E-state index contributed by atoms with van der Waals surface area (Å²) in [4.78, 5) is 26.0. The lowest BCUT2D eigenvalue weighted by atomic mass is 9.98. The average Bonchev–Trinajstić information content (AvgIpc) is 2.51. The summed E-state index contributed by atoms with van der Waals surface area (Å²) in [6.45, 7) is 4.81. The van der Waals surface area contributed by atoms with Crippen molar-refractivity contribution >= 4 is 11.8 Å². The number of nitrogens with zero attached hydrogens (tertiary/aromatic N) is 1. The first-order valence-electron chi connectivity index (χ1n) is 7.81. The molecule has 0 aliphatic rings. The number of halogens is 1. The van der Waals surface area contributed by atoms with Gasteiger partial charge in [-0.05, 0) is 44.3 Å². The summed E-state index contributed by atoms with van der Waals surface area (Å²) in [5, 5.41) is 5.51. The molecular formula is C17H26FN3O2. The van der Waals surface area contributed by atoms with Crippen LogP contribution in [0.2, 0.25) is 0 Å². The molecule has 0 saturated heterocycles. The molecule has 0 aromatic heterocycles. The van der Waals surface area contributed by atoms with E-state index in [0.29, 0.717) is 11.5 Å². The third kappa shape index (κ3) is 6.78. The monoisotopic (exact) mass is 323 g/mol. The topological polar surface area (TPSA) is 61.4 Å². The fraction of sp³-hybridized carbons (Fsp3) is 0.529. The molecule has 23 heavy (non-hydrogen) atoms. The van der Waals surface area contributed by atoms with Gasteiger partial charge in [-0.15, -0.1) is 0 Å². The Labute approximate surface area is 137 Å². The van der Waals surface area contributed by atoms with Gasteiger partial charge in [-0.2, -0.15) is 0 Å². The molecule has 0 aliphatic carbocycles. The number of hydrogen-bond donors (Lipinski definition) is 2. The van der Waals surface area contributed by atoms with E-state index >= 15 is 0 Å². The van der Waals surface area contributed by atoms with Crippen LogP contribution < -0.4 is 10.6 Å². The van der Waals surface area contributed by atoms with Gasteiger partial charge in [0.15, 0.2) is 0 Å². The zero-order valence-electron chi connectivity index (χ0n) is 14.2. The zero-order valence-corrected chi connectivity index (χ0v) is 14.2. The van der Waals surface area contributed by atoms with Gasteiger partial charge in [0.1, 0.15) is 5.82 Å². The summed E-state index contributed by atoms with van der Waals surface area (Å²) in [6, 6.07) is 5.23. The molecule has 1 aromatic rings. The van der Waals surface area contributed by atoms with Crippen LogP contribution in [0, 0.1) is 11.7 Å². The van der Waals surface area contributed by atoms with Crippen molar-refractivity contribution in [2.45, 2.75) is 26.3 Å². The van der Waals surface area contributed by atoms with Crippen LogP contribution in [0.15, 0.2) is 24.3 Å². The maximum absolute atomic E-state index is 12.8. The number of likely N-dealkylation sites (N-methyl/N-ethyl adjacent to an activating group) is 1. The minimum Gasteiger partial charge on any atom is -0.350 e. The molecule has 0 saturated carbocycles. The summed E-state index contributed by atoms with van der Waals surface area (Å²) >= 11 is 0. The van der Waals surface area contributed by atoms with E-state index in [-0.39, 0.29) is 18.5 Å². The van der Waals surface area contributed by atoms with Crippen LogP contribution in [0.5, 0.6) is 0 Å². The first-order chi connectivity index (χ1) is 10.8. The van der Waals surface area contributed by atoms with E-state index in [1.54, 1.807) is 0 Å². The first-order valence-corrected chi connectivity index (χ1v) is 7.81. The van der Waals surface area contributed by atoms with E-state index in [0.717, 1.165) is 13.0 Å². The van der Waals surface area contributed by atoms with Gasteiger partial charge in [0.25, 0.3) is 5.91 Å². The highest BCUT2D eigenvalue weighted by Crippen LogP contribution is 2.08. The summed E-state index contributed by atoms with van der Waals surface area (Å²) in [5.41, 5.74) is 0.325. The largest absolute Gasteiger partial charge is 0.350 e. The Bertz CT molecular complexity index is 517. The van der Waals surface area contributed by atoms with Crippen molar-refractivity contribution in [3.8, 4) is 0 Å². The van der Waals surface area contributed by atoms with Crippen LogP contribution in [0.4, 0.5) is 4.39 Å². The lowest BCUT2D eigenvalue weighted by Gasteiger charge is -2.27. The Balaban J connectivity index is 2.51. The Morgan fingerprint density at radius 3 is 2.35 bits per heavy atom. The van der Waals surface area contributed by atoms with Crippen molar-refractivity contribution in [1.29, 1.82) is 0 Å². The molecule has 1 rings (SSSR count). The third-order valence-corrected chi connectivity index (χ3v) is 3.75. The van der Waals surface area contributed by atoms with Crippen molar-refractivity contribution in [3.63, 3.8) is 0 Å². The molecule has 0 spiro atoms. The number of carbonyl (C=O) groups is 2. The smallest absolute Gasteiger partial charge is 0.251 e. The molecule has 0 aliphatic heterocycles. The normalized spacial score (nSPS) is 13.5. The Morgan fingerprint density at radius 1 is 1.22 bits per heavy atom. The molecule has 0 bridgehead atoms. The van der Waals surface area contributed by atoms with Crippen LogP contribution in [0.3, 0.4) is 0 Å². The molecule has 2 N–H and O–H groups in total. The summed E-state index contributed by atoms with van der Waals surface area (Å²) in [6.07, 6.45) is 0.959. The van der Waals surface area contributed by atoms with Gasteiger partial charge in [-0.25, -0.2) is 4.39 Å². The number of hydrogen-bond acceptors (Lipinski definition) is 3. The molecule has 1 aromatic carbocycles. The number of amides is 2. The summed E-state index contributed by atoms with van der Waals surface area (Å²) < 4.78 is 12.8. The molecule has 0 radical (unpaired) electrons. The second kappa shape index (κ2) is 9.25. The van der Waals surface area contributed by atoms with Crippen molar-refractivity contribution < 1.29 is 14.0 Å². The molecule has 0 heterocycles. The molecule has 2 atom stereocenters. The molecule has 128 valence electrons. The molecule has 0 fully saturated rings. The fourth-order valence-electron chi connectivity index (χ4n) is 2.17. The third-order valence-electron chi connectivity index (χ3n) is 3.75. The zero-order chi connectivity index (χ0) is 17.4. The predicted octanol–water partition coefficient (Wildman–Crippen LogP) is 1.65. The molecule has 0 unspecified atom stereocenters. The highest BCUT2D eigenvalue weighted by atomic mass is 19.1. The van der Waals surface area contributed by atoms with E-state index in [9.17, 15) is 14.0 Å². The van der Waals surface area contributed by atoms with Gasteiger partial charge < -0.3 is 15.5 Å². The first kappa shape index (κ1) is 19.1. The molecule has 6 heteroatoms. The number of nitrogens with one attached hydrogen (secondary N) is 2. The van der Waals surface area contributed by atoms with Crippen LogP contribution in [0.25, 0.3) is 0 Å². The quantitative estimate of drug-likeness (QED) is 0.765. The summed E-state index contributed by atoms with van der Waals surface area (Å²) in [7, 11) is 3.91. The van der Waals surface area contributed by atoms with E-state index < -0.39 is 11.7 Å². The van der Waals surface area contributed by atoms with Gasteiger partial charge in [-0.3, -0.25) is 9.59 Å². The lowest BCUT2D eigenvalue weighted by Crippen LogP contribution is -2.48. The fourth-order valence-corrected chi connectivity index (χ4v) is 2.17. The van der Waals surface area contributed by atoms with Crippen LogP contribution in [-0.2, 0) is 4.79 Å². The van der Waals surface area contributed by atoms with Gasteiger partial charge in [0.2, 0.25) is 5.91 Å². The van der Waals surface area contributed by atoms with Crippen molar-refractivity contribution in [2.75, 3.05) is 27.2 Å². The van der Waals surface area contributed by atoms with Gasteiger partial charge in [-0.1, -0.05) is 20.3 Å². The molecule has 5 nitrogen and oxygen atoms in total. The second-order valence-electron chi connectivity index (χ2n) is 6.01. The Kier molecular flexibility index (Phi) is 7.68. The minimum absolute atomic E-state index is 0.0326.